The van der Waals surface area contributed by atoms with Gasteiger partial charge >= 0.3 is 0 Å². The molecule has 1 fully saturated rings. The van der Waals surface area contributed by atoms with Crippen LogP contribution < -0.4 is 5.32 Å². The summed E-state index contributed by atoms with van der Waals surface area (Å²) in [6.45, 7) is 8.91. The summed E-state index contributed by atoms with van der Waals surface area (Å²) in [5, 5.41) is 3.90. The molecule has 1 atom stereocenters. The molecule has 0 spiro atoms. The Balaban J connectivity index is 2.09. The number of nitrogens with zero attached hydrogens (tertiary/aromatic N) is 2. The number of amides is 1. The number of carbonyl (C=O) groups excluding carboxylic acids is 1. The fourth-order valence-electron chi connectivity index (χ4n) is 2.54. The first kappa shape index (κ1) is 18.4. The molecule has 1 aliphatic rings. The highest BCUT2D eigenvalue weighted by Gasteiger charge is 2.29. The van der Waals surface area contributed by atoms with Gasteiger partial charge in [0.25, 0.3) is 5.91 Å². The number of aryl methyl sites for hydroxylation is 1. The van der Waals surface area contributed by atoms with Crippen LogP contribution in [0.2, 0.25) is 0 Å². The second-order valence-electron chi connectivity index (χ2n) is 7.12. The van der Waals surface area contributed by atoms with Crippen molar-refractivity contribution in [2.75, 3.05) is 19.3 Å². The van der Waals surface area contributed by atoms with Crippen LogP contribution in [0.5, 0.6) is 0 Å². The summed E-state index contributed by atoms with van der Waals surface area (Å²) in [7, 11) is -3.21. The Hall–Kier alpha value is -0.990. The minimum absolute atomic E-state index is 0.0914. The van der Waals surface area contributed by atoms with Crippen molar-refractivity contribution in [3.05, 3.63) is 15.6 Å². The third-order valence-corrected chi connectivity index (χ3v) is 6.68. The number of hydrogen-bond donors (Lipinski definition) is 1. The van der Waals surface area contributed by atoms with Crippen LogP contribution >= 0.6 is 11.3 Å². The lowest BCUT2D eigenvalue weighted by molar-refractivity contribution is 0.0925. The first-order chi connectivity index (χ1) is 10.5. The molecule has 2 rings (SSSR count). The Bertz CT molecular complexity index is 689. The third-order valence-electron chi connectivity index (χ3n) is 3.83. The normalized spacial score (nSPS) is 20.5. The van der Waals surface area contributed by atoms with Gasteiger partial charge in [-0.3, -0.25) is 4.79 Å². The molecule has 6 nitrogen and oxygen atoms in total. The van der Waals surface area contributed by atoms with Gasteiger partial charge in [-0.2, -0.15) is 0 Å². The van der Waals surface area contributed by atoms with Crippen LogP contribution in [-0.4, -0.2) is 49.0 Å². The van der Waals surface area contributed by atoms with Crippen molar-refractivity contribution >= 4 is 27.3 Å². The number of aromatic nitrogens is 1. The summed E-state index contributed by atoms with van der Waals surface area (Å²) in [5.41, 5.74) is 0.638. The van der Waals surface area contributed by atoms with Gasteiger partial charge in [0.15, 0.2) is 0 Å². The summed E-state index contributed by atoms with van der Waals surface area (Å²) in [6, 6.07) is -0.148. The largest absolute Gasteiger partial charge is 0.347 e. The lowest BCUT2D eigenvalue weighted by atomic mass is 9.98. The van der Waals surface area contributed by atoms with E-state index in [-0.39, 0.29) is 17.4 Å². The maximum Gasteiger partial charge on any atom is 0.263 e. The number of rotatable bonds is 3. The van der Waals surface area contributed by atoms with E-state index in [1.807, 2.05) is 6.92 Å². The highest BCUT2D eigenvalue weighted by molar-refractivity contribution is 7.88. The van der Waals surface area contributed by atoms with E-state index in [0.29, 0.717) is 18.0 Å². The molecule has 1 aliphatic heterocycles. The van der Waals surface area contributed by atoms with Crippen LogP contribution in [0.15, 0.2) is 0 Å². The van der Waals surface area contributed by atoms with Gasteiger partial charge in [0.1, 0.15) is 4.88 Å². The number of hydrogen-bond acceptors (Lipinski definition) is 5. The summed E-state index contributed by atoms with van der Waals surface area (Å²) in [5.74, 6) is -0.157. The van der Waals surface area contributed by atoms with Gasteiger partial charge in [-0.15, -0.1) is 11.3 Å². The molecule has 2 heterocycles. The van der Waals surface area contributed by atoms with Crippen molar-refractivity contribution in [2.45, 2.75) is 52.0 Å². The van der Waals surface area contributed by atoms with E-state index in [2.05, 4.69) is 31.1 Å². The maximum absolute atomic E-state index is 12.5. The monoisotopic (exact) mass is 359 g/mol. The Labute approximate surface area is 142 Å². The van der Waals surface area contributed by atoms with E-state index in [4.69, 9.17) is 0 Å². The fourth-order valence-corrected chi connectivity index (χ4v) is 4.48. The molecule has 1 N–H and O–H groups in total. The van der Waals surface area contributed by atoms with Crippen molar-refractivity contribution < 1.29 is 13.2 Å². The maximum atomic E-state index is 12.5. The van der Waals surface area contributed by atoms with Crippen molar-refractivity contribution in [3.63, 3.8) is 0 Å². The van der Waals surface area contributed by atoms with E-state index in [0.717, 1.165) is 23.5 Å². The van der Waals surface area contributed by atoms with Gasteiger partial charge in [-0.25, -0.2) is 17.7 Å². The molecule has 1 unspecified atom stereocenters. The van der Waals surface area contributed by atoms with Crippen molar-refractivity contribution in [2.24, 2.45) is 0 Å². The summed E-state index contributed by atoms with van der Waals surface area (Å²) in [4.78, 5) is 17.6. The molecular weight excluding hydrogens is 334 g/mol. The lowest BCUT2D eigenvalue weighted by Gasteiger charge is -2.31. The molecule has 8 heteroatoms. The molecule has 23 heavy (non-hydrogen) atoms. The van der Waals surface area contributed by atoms with Crippen molar-refractivity contribution in [1.29, 1.82) is 0 Å². The number of thiazole rings is 1. The molecule has 1 aromatic rings. The summed E-state index contributed by atoms with van der Waals surface area (Å²) >= 11 is 1.41. The second-order valence-corrected chi connectivity index (χ2v) is 10.1. The fraction of sp³-hybridized carbons (Fsp3) is 0.733. The first-order valence-corrected chi connectivity index (χ1v) is 10.4. The van der Waals surface area contributed by atoms with Gasteiger partial charge < -0.3 is 5.32 Å². The Morgan fingerprint density at radius 2 is 2.04 bits per heavy atom. The molecule has 0 radical (unpaired) electrons. The van der Waals surface area contributed by atoms with Gasteiger partial charge in [0, 0.05) is 24.5 Å². The van der Waals surface area contributed by atoms with E-state index >= 15 is 0 Å². The molecule has 0 bridgehead atoms. The van der Waals surface area contributed by atoms with E-state index in [1.165, 1.54) is 21.9 Å². The predicted octanol–water partition coefficient (Wildman–Crippen LogP) is 1.90. The highest BCUT2D eigenvalue weighted by Crippen LogP contribution is 2.29. The lowest BCUT2D eigenvalue weighted by Crippen LogP contribution is -2.49. The number of nitrogens with one attached hydrogen (secondary N) is 1. The highest BCUT2D eigenvalue weighted by atomic mass is 32.2. The molecule has 130 valence electrons. The average Bonchev–Trinajstić information content (AvgIpc) is 2.80. The quantitative estimate of drug-likeness (QED) is 0.894. The standard InChI is InChI=1S/C15H25N3O3S2/c1-10-12(22-14(16-10)15(2,3)4)13(19)17-11-7-6-8-18(9-11)23(5,20)21/h11H,6-9H2,1-5H3,(H,17,19). The summed E-state index contributed by atoms with van der Waals surface area (Å²) < 4.78 is 24.8. The molecule has 1 saturated heterocycles. The van der Waals surface area contributed by atoms with Crippen LogP contribution in [0.25, 0.3) is 0 Å². The van der Waals surface area contributed by atoms with Crippen molar-refractivity contribution in [3.8, 4) is 0 Å². The van der Waals surface area contributed by atoms with Gasteiger partial charge in [-0.05, 0) is 19.8 Å². The molecule has 1 amide bonds. The minimum atomic E-state index is -3.21. The van der Waals surface area contributed by atoms with Gasteiger partial charge in [-0.1, -0.05) is 20.8 Å². The van der Waals surface area contributed by atoms with Crippen LogP contribution in [0, 0.1) is 6.92 Å². The van der Waals surface area contributed by atoms with Crippen LogP contribution in [0.3, 0.4) is 0 Å². The number of carbonyl (C=O) groups is 1. The van der Waals surface area contributed by atoms with Gasteiger partial charge in [0.2, 0.25) is 10.0 Å². The topological polar surface area (TPSA) is 79.4 Å². The van der Waals surface area contributed by atoms with E-state index in [9.17, 15) is 13.2 Å². The average molecular weight is 360 g/mol. The van der Waals surface area contributed by atoms with Crippen LogP contribution in [-0.2, 0) is 15.4 Å². The smallest absolute Gasteiger partial charge is 0.263 e. The first-order valence-electron chi connectivity index (χ1n) is 7.72. The predicted molar refractivity (Wildman–Crippen MR) is 92.5 cm³/mol. The molecule has 0 aromatic carbocycles. The Morgan fingerprint density at radius 3 is 2.57 bits per heavy atom. The Kier molecular flexibility index (Phi) is 5.18. The zero-order valence-electron chi connectivity index (χ0n) is 14.3. The van der Waals surface area contributed by atoms with E-state index in [1.54, 1.807) is 0 Å². The third kappa shape index (κ3) is 4.51. The zero-order chi connectivity index (χ0) is 17.4. The molecule has 0 aliphatic carbocycles. The minimum Gasteiger partial charge on any atom is -0.347 e. The number of sulfonamides is 1. The van der Waals surface area contributed by atoms with Gasteiger partial charge in [0.05, 0.1) is 17.0 Å². The molecule has 1 aromatic heterocycles. The summed E-state index contributed by atoms with van der Waals surface area (Å²) in [6.07, 6.45) is 2.76. The van der Waals surface area contributed by atoms with Crippen LogP contribution in [0.1, 0.15) is 54.0 Å². The SMILES string of the molecule is Cc1nc(C(C)(C)C)sc1C(=O)NC1CCCN(S(C)(=O)=O)C1. The molecule has 0 saturated carbocycles. The van der Waals surface area contributed by atoms with Crippen LogP contribution in [0.4, 0.5) is 0 Å². The zero-order valence-corrected chi connectivity index (χ0v) is 16.0. The second kappa shape index (κ2) is 6.49. The van der Waals surface area contributed by atoms with Crippen molar-refractivity contribution in [1.82, 2.24) is 14.6 Å². The number of piperidine rings is 1. The Morgan fingerprint density at radius 1 is 1.39 bits per heavy atom. The molecular formula is C15H25N3O3S2. The van der Waals surface area contributed by atoms with E-state index < -0.39 is 10.0 Å².